The molecule has 1 saturated heterocycles. The zero-order valence-corrected chi connectivity index (χ0v) is 16.9. The van der Waals surface area contributed by atoms with E-state index in [-0.39, 0.29) is 30.7 Å². The Morgan fingerprint density at radius 2 is 2.07 bits per heavy atom. The van der Waals surface area contributed by atoms with Crippen molar-refractivity contribution in [2.75, 3.05) is 13.1 Å². The van der Waals surface area contributed by atoms with Crippen LogP contribution in [0.4, 0.5) is 13.2 Å². The number of H-pyrrole nitrogens is 1. The maximum Gasteiger partial charge on any atom is 0.406 e. The molecule has 162 valence electrons. The zero-order valence-electron chi connectivity index (χ0n) is 16.1. The molecular formula is C20H22ClF3N4O2. The molecule has 6 nitrogen and oxygen atoms in total. The molecule has 2 aromatic rings. The van der Waals surface area contributed by atoms with Gasteiger partial charge in [0.05, 0.1) is 17.1 Å². The molecule has 30 heavy (non-hydrogen) atoms. The van der Waals surface area contributed by atoms with Crippen molar-refractivity contribution in [3.63, 3.8) is 0 Å². The molecule has 2 N–H and O–H groups in total. The molecule has 2 aliphatic rings. The average molecular weight is 443 g/mol. The van der Waals surface area contributed by atoms with Gasteiger partial charge in [0, 0.05) is 29.8 Å². The number of fused-ring (bicyclic) bond motifs is 1. The van der Waals surface area contributed by atoms with Gasteiger partial charge in [-0.1, -0.05) is 24.4 Å². The minimum atomic E-state index is -4.45. The lowest BCUT2D eigenvalue weighted by Gasteiger charge is -2.30. The fourth-order valence-corrected chi connectivity index (χ4v) is 4.67. The van der Waals surface area contributed by atoms with E-state index in [2.05, 4.69) is 15.3 Å². The number of carbonyl (C=O) groups is 2. The summed E-state index contributed by atoms with van der Waals surface area (Å²) in [5.41, 5.74) is 1.56. The number of amides is 2. The first-order valence-electron chi connectivity index (χ1n) is 9.99. The van der Waals surface area contributed by atoms with Gasteiger partial charge in [-0.2, -0.15) is 13.2 Å². The molecule has 3 atom stereocenters. The van der Waals surface area contributed by atoms with Crippen molar-refractivity contribution in [3.8, 4) is 0 Å². The minimum Gasteiger partial charge on any atom is -0.351 e. The van der Waals surface area contributed by atoms with E-state index >= 15 is 0 Å². The van der Waals surface area contributed by atoms with E-state index in [4.69, 9.17) is 11.6 Å². The first-order valence-corrected chi connectivity index (χ1v) is 10.4. The number of halogens is 4. The minimum absolute atomic E-state index is 0.109. The number of benzene rings is 1. The van der Waals surface area contributed by atoms with Crippen LogP contribution in [0.15, 0.2) is 18.2 Å². The van der Waals surface area contributed by atoms with Crippen molar-refractivity contribution in [3.05, 3.63) is 29.0 Å². The van der Waals surface area contributed by atoms with Crippen molar-refractivity contribution >= 4 is 34.4 Å². The Morgan fingerprint density at radius 3 is 2.83 bits per heavy atom. The van der Waals surface area contributed by atoms with E-state index in [1.54, 1.807) is 12.1 Å². The van der Waals surface area contributed by atoms with Crippen molar-refractivity contribution in [1.82, 2.24) is 20.2 Å². The fraction of sp³-hybridized carbons (Fsp3) is 0.550. The molecule has 0 radical (unpaired) electrons. The average Bonchev–Trinajstić information content (AvgIpc) is 3.23. The lowest BCUT2D eigenvalue weighted by Crippen LogP contribution is -2.43. The molecule has 1 aliphatic carbocycles. The summed E-state index contributed by atoms with van der Waals surface area (Å²) in [5, 5.41) is 3.39. The highest BCUT2D eigenvalue weighted by atomic mass is 35.5. The zero-order chi connectivity index (χ0) is 21.5. The van der Waals surface area contributed by atoms with Crippen LogP contribution >= 0.6 is 11.6 Å². The number of nitrogens with zero attached hydrogens (tertiary/aromatic N) is 2. The number of hydrogen-bond donors (Lipinski definition) is 2. The van der Waals surface area contributed by atoms with Gasteiger partial charge in [0.25, 0.3) is 0 Å². The van der Waals surface area contributed by atoms with Gasteiger partial charge >= 0.3 is 6.18 Å². The summed E-state index contributed by atoms with van der Waals surface area (Å²) in [7, 11) is 0. The van der Waals surface area contributed by atoms with E-state index in [0.29, 0.717) is 17.3 Å². The first kappa shape index (κ1) is 21.0. The lowest BCUT2D eigenvalue weighted by molar-refractivity contribution is -0.157. The van der Waals surface area contributed by atoms with Crippen LogP contribution in [0.5, 0.6) is 0 Å². The summed E-state index contributed by atoms with van der Waals surface area (Å²) in [6.45, 7) is -1.41. The standard InChI is InChI=1S/C20H22ClF3N4O2/c21-11-5-6-15-16(7-11)27-18(26-15)13-3-1-2-4-14(13)19(30)25-12-8-17(29)28(9-12)10-20(22,23)24/h5-7,12-14H,1-4,8-10H2,(H,25,30)(H,26,27)/t12-,13-,14-/m1/s1. The van der Waals surface area contributed by atoms with Crippen LogP contribution in [0.25, 0.3) is 11.0 Å². The first-order chi connectivity index (χ1) is 14.2. The van der Waals surface area contributed by atoms with Gasteiger partial charge in [0.15, 0.2) is 0 Å². The van der Waals surface area contributed by atoms with Crippen molar-refractivity contribution in [1.29, 1.82) is 0 Å². The van der Waals surface area contributed by atoms with E-state index in [0.717, 1.165) is 35.2 Å². The Hall–Kier alpha value is -2.29. The van der Waals surface area contributed by atoms with Crippen LogP contribution in [-0.4, -0.2) is 52.0 Å². The summed E-state index contributed by atoms with van der Waals surface area (Å²) in [5.74, 6) is -0.569. The number of alkyl halides is 3. The smallest absolute Gasteiger partial charge is 0.351 e. The highest BCUT2D eigenvalue weighted by Crippen LogP contribution is 2.38. The molecule has 1 aromatic carbocycles. The second-order valence-corrected chi connectivity index (χ2v) is 8.52. The van der Waals surface area contributed by atoms with E-state index in [1.807, 2.05) is 6.07 Å². The number of aromatic nitrogens is 2. The number of hydrogen-bond acceptors (Lipinski definition) is 3. The van der Waals surface area contributed by atoms with Crippen LogP contribution in [0, 0.1) is 5.92 Å². The molecular weight excluding hydrogens is 421 g/mol. The van der Waals surface area contributed by atoms with Crippen molar-refractivity contribution in [2.45, 2.75) is 50.2 Å². The molecule has 0 unspecified atom stereocenters. The Kier molecular flexibility index (Phi) is 5.65. The largest absolute Gasteiger partial charge is 0.406 e. The summed E-state index contributed by atoms with van der Waals surface area (Å²) < 4.78 is 37.8. The predicted molar refractivity (Wildman–Crippen MR) is 105 cm³/mol. The van der Waals surface area contributed by atoms with E-state index in [9.17, 15) is 22.8 Å². The molecule has 1 aromatic heterocycles. The third kappa shape index (κ3) is 4.55. The number of rotatable bonds is 4. The van der Waals surface area contributed by atoms with Crippen LogP contribution in [0.2, 0.25) is 5.02 Å². The van der Waals surface area contributed by atoms with Gasteiger partial charge < -0.3 is 15.2 Å². The highest BCUT2D eigenvalue weighted by molar-refractivity contribution is 6.31. The third-order valence-electron chi connectivity index (χ3n) is 5.85. The van der Waals surface area contributed by atoms with Gasteiger partial charge in [-0.15, -0.1) is 0 Å². The summed E-state index contributed by atoms with van der Waals surface area (Å²) in [4.78, 5) is 33.5. The van der Waals surface area contributed by atoms with Crippen LogP contribution in [-0.2, 0) is 9.59 Å². The quantitative estimate of drug-likeness (QED) is 0.756. The van der Waals surface area contributed by atoms with E-state index < -0.39 is 24.7 Å². The van der Waals surface area contributed by atoms with Crippen LogP contribution in [0.3, 0.4) is 0 Å². The molecule has 1 saturated carbocycles. The number of nitrogens with one attached hydrogen (secondary N) is 2. The van der Waals surface area contributed by atoms with Crippen molar-refractivity contribution in [2.24, 2.45) is 5.92 Å². The fourth-order valence-electron chi connectivity index (χ4n) is 4.50. The highest BCUT2D eigenvalue weighted by Gasteiger charge is 2.40. The summed E-state index contributed by atoms with van der Waals surface area (Å²) >= 11 is 6.04. The molecule has 1 aliphatic heterocycles. The number of aromatic amines is 1. The van der Waals surface area contributed by atoms with Crippen LogP contribution < -0.4 is 5.32 Å². The second-order valence-electron chi connectivity index (χ2n) is 8.08. The molecule has 2 heterocycles. The van der Waals surface area contributed by atoms with E-state index in [1.165, 1.54) is 0 Å². The van der Waals surface area contributed by atoms with Crippen LogP contribution in [0.1, 0.15) is 43.8 Å². The predicted octanol–water partition coefficient (Wildman–Crippen LogP) is 3.77. The molecule has 0 spiro atoms. The lowest BCUT2D eigenvalue weighted by atomic mass is 9.78. The molecule has 2 amide bonds. The Bertz CT molecular complexity index is 961. The Morgan fingerprint density at radius 1 is 1.30 bits per heavy atom. The monoisotopic (exact) mass is 442 g/mol. The molecule has 2 fully saturated rings. The maximum atomic E-state index is 13.0. The van der Waals surface area contributed by atoms with Gasteiger partial charge in [-0.25, -0.2) is 4.98 Å². The topological polar surface area (TPSA) is 78.1 Å². The number of likely N-dealkylation sites (tertiary alicyclic amines) is 1. The van der Waals surface area contributed by atoms with Gasteiger partial charge in [0.2, 0.25) is 11.8 Å². The molecule has 10 heteroatoms. The Labute approximate surface area is 176 Å². The van der Waals surface area contributed by atoms with Gasteiger partial charge in [0.1, 0.15) is 12.4 Å². The summed E-state index contributed by atoms with van der Waals surface area (Å²) in [6.07, 6.45) is -1.25. The SMILES string of the molecule is O=C(N[C@@H]1CC(=O)N(CC(F)(F)F)C1)[C@@H]1CCCC[C@H]1c1nc2ccc(Cl)cc2[nH]1. The Balaban J connectivity index is 1.46. The number of carbonyl (C=O) groups excluding carboxylic acids is 2. The van der Waals surface area contributed by atoms with Crippen molar-refractivity contribution < 1.29 is 22.8 Å². The second kappa shape index (κ2) is 8.09. The molecule has 0 bridgehead atoms. The molecule has 4 rings (SSSR count). The maximum absolute atomic E-state index is 13.0. The summed E-state index contributed by atoms with van der Waals surface area (Å²) in [6, 6.07) is 4.74. The number of imidazole rings is 1. The van der Waals surface area contributed by atoms with Gasteiger partial charge in [-0.3, -0.25) is 9.59 Å². The third-order valence-corrected chi connectivity index (χ3v) is 6.08. The van der Waals surface area contributed by atoms with Gasteiger partial charge in [-0.05, 0) is 31.0 Å². The normalized spacial score (nSPS) is 25.1.